The Morgan fingerprint density at radius 2 is 1.72 bits per heavy atom. The van der Waals surface area contributed by atoms with Gasteiger partial charge in [0.25, 0.3) is 0 Å². The highest BCUT2D eigenvalue weighted by atomic mass is 35.5. The molecule has 0 aromatic carbocycles. The van der Waals surface area contributed by atoms with Crippen molar-refractivity contribution in [1.82, 2.24) is 10.6 Å². The van der Waals surface area contributed by atoms with Gasteiger partial charge in [0, 0.05) is 12.1 Å². The molecule has 0 radical (unpaired) electrons. The second-order valence-corrected chi connectivity index (χ2v) is 5.30. The van der Waals surface area contributed by atoms with E-state index in [9.17, 15) is 4.79 Å². The topological polar surface area (TPSA) is 50.4 Å². The molecule has 0 spiro atoms. The molecule has 0 saturated carbocycles. The van der Waals surface area contributed by atoms with Crippen LogP contribution in [0.5, 0.6) is 0 Å². The summed E-state index contributed by atoms with van der Waals surface area (Å²) in [5.41, 5.74) is 0.173. The van der Waals surface area contributed by atoms with Crippen LogP contribution in [0.3, 0.4) is 0 Å². The number of nitrogens with one attached hydrogen (secondary N) is 2. The van der Waals surface area contributed by atoms with Gasteiger partial charge in [-0.05, 0) is 46.6 Å². The Bertz CT molecular complexity index is 206. The normalized spacial score (nSPS) is 10.7. The number of hydrogen-bond donors (Lipinski definition) is 2. The lowest BCUT2D eigenvalue weighted by Gasteiger charge is -2.20. The largest absolute Gasteiger partial charge is 0.450 e. The monoisotopic (exact) mass is 280 g/mol. The van der Waals surface area contributed by atoms with Crippen molar-refractivity contribution in [1.29, 1.82) is 0 Å². The molecule has 0 bridgehead atoms. The molecule has 0 atom stereocenters. The van der Waals surface area contributed by atoms with E-state index in [1.807, 2.05) is 0 Å². The van der Waals surface area contributed by atoms with E-state index < -0.39 is 0 Å². The third-order valence-corrected chi connectivity index (χ3v) is 2.26. The lowest BCUT2D eigenvalue weighted by Crippen LogP contribution is -2.36. The lowest BCUT2D eigenvalue weighted by molar-refractivity contribution is 0.144. The molecule has 0 aliphatic heterocycles. The summed E-state index contributed by atoms with van der Waals surface area (Å²) in [5.74, 6) is 0. The molecule has 0 rings (SSSR count). The SMILES string of the molecule is CCCCOC(=O)NCCCCNC(C)(C)C.Cl. The molecule has 4 nitrogen and oxygen atoms in total. The molecular formula is C13H29ClN2O2. The summed E-state index contributed by atoms with van der Waals surface area (Å²) in [6.07, 6.45) is 3.73. The predicted molar refractivity (Wildman–Crippen MR) is 78.5 cm³/mol. The number of hydrogen-bond acceptors (Lipinski definition) is 3. The molecular weight excluding hydrogens is 252 g/mol. The van der Waals surface area contributed by atoms with Gasteiger partial charge in [-0.2, -0.15) is 0 Å². The third-order valence-electron chi connectivity index (χ3n) is 2.26. The van der Waals surface area contributed by atoms with Crippen molar-refractivity contribution in [3.05, 3.63) is 0 Å². The summed E-state index contributed by atoms with van der Waals surface area (Å²) in [6.45, 7) is 10.7. The number of unbranched alkanes of at least 4 members (excludes halogenated alkanes) is 2. The van der Waals surface area contributed by atoms with Gasteiger partial charge in [-0.15, -0.1) is 12.4 Å². The van der Waals surface area contributed by atoms with Crippen molar-refractivity contribution in [3.63, 3.8) is 0 Å². The maximum absolute atomic E-state index is 11.2. The molecule has 2 N–H and O–H groups in total. The van der Waals surface area contributed by atoms with Gasteiger partial charge in [0.15, 0.2) is 0 Å². The summed E-state index contributed by atoms with van der Waals surface area (Å²) in [4.78, 5) is 11.2. The molecule has 0 saturated heterocycles. The number of carbonyl (C=O) groups excluding carboxylic acids is 1. The first-order valence-electron chi connectivity index (χ1n) is 6.61. The number of ether oxygens (including phenoxy) is 1. The fraction of sp³-hybridized carbons (Fsp3) is 0.923. The molecule has 0 aliphatic carbocycles. The zero-order valence-corrected chi connectivity index (χ0v) is 13.0. The molecule has 5 heteroatoms. The Morgan fingerprint density at radius 1 is 1.11 bits per heavy atom. The Morgan fingerprint density at radius 3 is 2.28 bits per heavy atom. The van der Waals surface area contributed by atoms with Crippen LogP contribution in [0.1, 0.15) is 53.4 Å². The van der Waals surface area contributed by atoms with Gasteiger partial charge in [-0.3, -0.25) is 0 Å². The number of carbonyl (C=O) groups is 1. The molecule has 0 fully saturated rings. The van der Waals surface area contributed by atoms with Gasteiger partial charge < -0.3 is 15.4 Å². The van der Waals surface area contributed by atoms with Gasteiger partial charge in [0.05, 0.1) is 6.61 Å². The Kier molecular flexibility index (Phi) is 12.8. The first kappa shape index (κ1) is 19.9. The highest BCUT2D eigenvalue weighted by Crippen LogP contribution is 1.98. The van der Waals surface area contributed by atoms with Crippen molar-refractivity contribution >= 4 is 18.5 Å². The Hall–Kier alpha value is -0.480. The van der Waals surface area contributed by atoms with Crippen LogP contribution in [0.25, 0.3) is 0 Å². The van der Waals surface area contributed by atoms with Crippen LogP contribution < -0.4 is 10.6 Å². The third kappa shape index (κ3) is 15.5. The highest BCUT2D eigenvalue weighted by Gasteiger charge is 2.07. The van der Waals surface area contributed by atoms with Gasteiger partial charge in [-0.1, -0.05) is 13.3 Å². The van der Waals surface area contributed by atoms with Gasteiger partial charge >= 0.3 is 6.09 Å². The van der Waals surface area contributed by atoms with Crippen molar-refractivity contribution < 1.29 is 9.53 Å². The van der Waals surface area contributed by atoms with Crippen LogP contribution in [0, 0.1) is 0 Å². The average Bonchev–Trinajstić information content (AvgIpc) is 2.22. The smallest absolute Gasteiger partial charge is 0.407 e. The predicted octanol–water partition coefficient (Wildman–Crippen LogP) is 3.10. The minimum atomic E-state index is -0.290. The molecule has 18 heavy (non-hydrogen) atoms. The highest BCUT2D eigenvalue weighted by molar-refractivity contribution is 5.85. The van der Waals surface area contributed by atoms with Crippen molar-refractivity contribution in [3.8, 4) is 0 Å². The summed E-state index contributed by atoms with van der Waals surface area (Å²) >= 11 is 0. The second kappa shape index (κ2) is 11.6. The van der Waals surface area contributed by atoms with E-state index in [0.29, 0.717) is 13.2 Å². The summed E-state index contributed by atoms with van der Waals surface area (Å²) in [7, 11) is 0. The first-order chi connectivity index (χ1) is 7.95. The van der Waals surface area contributed by atoms with E-state index in [4.69, 9.17) is 4.74 Å². The number of rotatable bonds is 8. The molecule has 0 unspecified atom stereocenters. The van der Waals surface area contributed by atoms with Crippen LogP contribution in [0.15, 0.2) is 0 Å². The van der Waals surface area contributed by atoms with Crippen LogP contribution in [-0.4, -0.2) is 31.3 Å². The fourth-order valence-corrected chi connectivity index (χ4v) is 1.26. The van der Waals surface area contributed by atoms with Crippen LogP contribution in [0.4, 0.5) is 4.79 Å². The maximum atomic E-state index is 11.2. The first-order valence-corrected chi connectivity index (χ1v) is 6.61. The second-order valence-electron chi connectivity index (χ2n) is 5.30. The Balaban J connectivity index is 0. The zero-order valence-electron chi connectivity index (χ0n) is 12.2. The van der Waals surface area contributed by atoms with E-state index in [0.717, 1.165) is 32.2 Å². The molecule has 0 heterocycles. The Labute approximate surface area is 118 Å². The number of alkyl carbamates (subject to hydrolysis) is 1. The van der Waals surface area contributed by atoms with E-state index >= 15 is 0 Å². The van der Waals surface area contributed by atoms with Crippen molar-refractivity contribution in [2.24, 2.45) is 0 Å². The summed E-state index contributed by atoms with van der Waals surface area (Å²) in [6, 6.07) is 0. The lowest BCUT2D eigenvalue weighted by atomic mass is 10.1. The van der Waals surface area contributed by atoms with E-state index in [-0.39, 0.29) is 24.0 Å². The van der Waals surface area contributed by atoms with Crippen LogP contribution >= 0.6 is 12.4 Å². The number of amides is 1. The molecule has 0 aliphatic rings. The molecule has 0 aromatic heterocycles. The standard InChI is InChI=1S/C13H28N2O2.ClH/c1-5-6-11-17-12(16)14-9-7-8-10-15-13(2,3)4;/h15H,5-11H2,1-4H3,(H,14,16);1H. The summed E-state index contributed by atoms with van der Waals surface area (Å²) < 4.78 is 4.98. The van der Waals surface area contributed by atoms with Crippen LogP contribution in [0.2, 0.25) is 0 Å². The van der Waals surface area contributed by atoms with E-state index in [1.165, 1.54) is 0 Å². The molecule has 110 valence electrons. The van der Waals surface area contributed by atoms with Crippen LogP contribution in [-0.2, 0) is 4.74 Å². The average molecular weight is 281 g/mol. The minimum Gasteiger partial charge on any atom is -0.450 e. The molecule has 0 aromatic rings. The maximum Gasteiger partial charge on any atom is 0.407 e. The van der Waals surface area contributed by atoms with Crippen molar-refractivity contribution in [2.45, 2.75) is 58.9 Å². The van der Waals surface area contributed by atoms with Crippen molar-refractivity contribution in [2.75, 3.05) is 19.7 Å². The number of halogens is 1. The minimum absolute atomic E-state index is 0. The summed E-state index contributed by atoms with van der Waals surface area (Å²) in [5, 5.41) is 6.16. The van der Waals surface area contributed by atoms with Gasteiger partial charge in [-0.25, -0.2) is 4.79 Å². The fourth-order valence-electron chi connectivity index (χ4n) is 1.26. The van der Waals surface area contributed by atoms with E-state index in [1.54, 1.807) is 0 Å². The van der Waals surface area contributed by atoms with Gasteiger partial charge in [0.2, 0.25) is 0 Å². The zero-order chi connectivity index (χ0) is 13.1. The quantitative estimate of drug-likeness (QED) is 0.672. The van der Waals surface area contributed by atoms with Gasteiger partial charge in [0.1, 0.15) is 0 Å². The molecule has 1 amide bonds. The van der Waals surface area contributed by atoms with E-state index in [2.05, 4.69) is 38.3 Å².